The molecule has 0 radical (unpaired) electrons. The molecule has 2 rings (SSSR count). The predicted octanol–water partition coefficient (Wildman–Crippen LogP) is 2.31. The van der Waals surface area contributed by atoms with Gasteiger partial charge in [0.2, 0.25) is 11.8 Å². The topological polar surface area (TPSA) is 84.2 Å². The number of nitrogens with two attached hydrogens (primary N) is 1. The van der Waals surface area contributed by atoms with E-state index in [2.05, 4.69) is 16.7 Å². The minimum Gasteiger partial charge on any atom is -0.374 e. The van der Waals surface area contributed by atoms with Gasteiger partial charge in [0, 0.05) is 22.7 Å². The number of benzene rings is 1. The van der Waals surface area contributed by atoms with Crippen molar-refractivity contribution < 1.29 is 9.59 Å². The number of nitrogens with one attached hydrogen (secondary N) is 2. The van der Waals surface area contributed by atoms with Gasteiger partial charge in [-0.25, -0.2) is 0 Å². The molecule has 0 saturated carbocycles. The van der Waals surface area contributed by atoms with E-state index in [1.807, 2.05) is 30.5 Å². The lowest BCUT2D eigenvalue weighted by molar-refractivity contribution is -0.121. The van der Waals surface area contributed by atoms with Crippen LogP contribution in [0.3, 0.4) is 0 Å². The Bertz CT molecular complexity index is 683. The van der Waals surface area contributed by atoms with Gasteiger partial charge in [-0.05, 0) is 49.4 Å². The quantitative estimate of drug-likeness (QED) is 0.728. The normalized spacial score (nSPS) is 11.7. The molecule has 0 spiro atoms. The van der Waals surface area contributed by atoms with Crippen LogP contribution < -0.4 is 16.4 Å². The Morgan fingerprint density at radius 3 is 2.74 bits per heavy atom. The maximum atomic E-state index is 12.1. The highest BCUT2D eigenvalue weighted by Crippen LogP contribution is 2.16. The first-order chi connectivity index (χ1) is 11.0. The Morgan fingerprint density at radius 2 is 2.09 bits per heavy atom. The zero-order valence-electron chi connectivity index (χ0n) is 13.3. The summed E-state index contributed by atoms with van der Waals surface area (Å²) in [6.07, 6.45) is 0.826. The smallest absolute Gasteiger partial charge is 0.249 e. The Balaban J connectivity index is 1.88. The average Bonchev–Trinajstić information content (AvgIpc) is 3.02. The maximum Gasteiger partial charge on any atom is 0.249 e. The van der Waals surface area contributed by atoms with E-state index in [1.165, 1.54) is 4.88 Å². The molecule has 23 heavy (non-hydrogen) atoms. The van der Waals surface area contributed by atoms with Gasteiger partial charge in [0.15, 0.2) is 0 Å². The van der Waals surface area contributed by atoms with E-state index in [0.29, 0.717) is 17.8 Å². The van der Waals surface area contributed by atoms with Gasteiger partial charge < -0.3 is 16.4 Å². The molecule has 5 nitrogen and oxygen atoms in total. The summed E-state index contributed by atoms with van der Waals surface area (Å²) >= 11 is 1.68. The molecule has 0 aliphatic rings. The Morgan fingerprint density at radius 1 is 1.30 bits per heavy atom. The molecule has 1 aromatic heterocycles. The van der Waals surface area contributed by atoms with Crippen molar-refractivity contribution in [1.29, 1.82) is 0 Å². The van der Waals surface area contributed by atoms with Gasteiger partial charge in [0.1, 0.15) is 6.04 Å². The van der Waals surface area contributed by atoms with E-state index in [4.69, 9.17) is 5.73 Å². The molecule has 0 aliphatic carbocycles. The molecule has 1 unspecified atom stereocenters. The molecule has 1 atom stereocenters. The number of anilines is 1. The Labute approximate surface area is 139 Å². The number of carbonyl (C=O) groups is 2. The highest BCUT2D eigenvalue weighted by molar-refractivity contribution is 7.09. The van der Waals surface area contributed by atoms with Crippen molar-refractivity contribution in [2.45, 2.75) is 26.3 Å². The van der Waals surface area contributed by atoms with Crippen LogP contribution in [0.25, 0.3) is 0 Å². The number of carbonyl (C=O) groups excluding carboxylic acids is 2. The summed E-state index contributed by atoms with van der Waals surface area (Å²) in [5.74, 6) is -0.554. The van der Waals surface area contributed by atoms with Gasteiger partial charge in [0.25, 0.3) is 0 Å². The van der Waals surface area contributed by atoms with E-state index in [0.717, 1.165) is 12.0 Å². The molecule has 0 aliphatic heterocycles. The number of amides is 2. The van der Waals surface area contributed by atoms with Crippen LogP contribution in [-0.4, -0.2) is 24.4 Å². The SMILES string of the molecule is Cc1ccc(NC(C)C(=O)NCCc2cccs2)cc1C(N)=O. The molecule has 2 aromatic rings. The number of hydrogen-bond acceptors (Lipinski definition) is 4. The highest BCUT2D eigenvalue weighted by atomic mass is 32.1. The Hall–Kier alpha value is -2.34. The van der Waals surface area contributed by atoms with Crippen LogP contribution in [0, 0.1) is 6.92 Å². The molecule has 4 N–H and O–H groups in total. The molecule has 6 heteroatoms. The van der Waals surface area contributed by atoms with Crippen LogP contribution in [0.1, 0.15) is 27.7 Å². The fraction of sp³-hybridized carbons (Fsp3) is 0.294. The third-order valence-corrected chi connectivity index (χ3v) is 4.47. The van der Waals surface area contributed by atoms with Gasteiger partial charge in [-0.3, -0.25) is 9.59 Å². The van der Waals surface area contributed by atoms with Crippen LogP contribution in [0.2, 0.25) is 0 Å². The van der Waals surface area contributed by atoms with Crippen molar-refractivity contribution in [2.24, 2.45) is 5.73 Å². The summed E-state index contributed by atoms with van der Waals surface area (Å²) in [4.78, 5) is 24.7. The minimum absolute atomic E-state index is 0.0808. The second-order valence-electron chi connectivity index (χ2n) is 5.38. The molecule has 122 valence electrons. The molecule has 0 bridgehead atoms. The van der Waals surface area contributed by atoms with Crippen LogP contribution in [0.5, 0.6) is 0 Å². The number of thiophene rings is 1. The molecule has 0 saturated heterocycles. The highest BCUT2D eigenvalue weighted by Gasteiger charge is 2.13. The molecule has 1 aromatic carbocycles. The third kappa shape index (κ3) is 4.82. The van der Waals surface area contributed by atoms with Crippen molar-refractivity contribution in [1.82, 2.24) is 5.32 Å². The van der Waals surface area contributed by atoms with E-state index >= 15 is 0 Å². The van der Waals surface area contributed by atoms with E-state index in [-0.39, 0.29) is 5.91 Å². The second kappa shape index (κ2) is 7.78. The van der Waals surface area contributed by atoms with Crippen molar-refractivity contribution in [3.8, 4) is 0 Å². The van der Waals surface area contributed by atoms with Gasteiger partial charge >= 0.3 is 0 Å². The second-order valence-corrected chi connectivity index (χ2v) is 6.41. The fourth-order valence-corrected chi connectivity index (χ4v) is 2.92. The van der Waals surface area contributed by atoms with Gasteiger partial charge in [-0.15, -0.1) is 11.3 Å². The third-order valence-electron chi connectivity index (χ3n) is 3.53. The standard InChI is InChI=1S/C17H21N3O2S/c1-11-5-6-13(10-15(11)16(18)21)20-12(2)17(22)19-8-7-14-4-3-9-23-14/h3-6,9-10,12,20H,7-8H2,1-2H3,(H2,18,21)(H,19,22). The zero-order valence-corrected chi connectivity index (χ0v) is 14.1. The largest absolute Gasteiger partial charge is 0.374 e. The summed E-state index contributed by atoms with van der Waals surface area (Å²) in [5, 5.41) is 8.02. The van der Waals surface area contributed by atoms with E-state index < -0.39 is 11.9 Å². The first-order valence-electron chi connectivity index (χ1n) is 7.44. The first kappa shape index (κ1) is 17.0. The van der Waals surface area contributed by atoms with Crippen molar-refractivity contribution >= 4 is 28.8 Å². The van der Waals surface area contributed by atoms with Gasteiger partial charge in [0.05, 0.1) is 0 Å². The van der Waals surface area contributed by atoms with Crippen molar-refractivity contribution in [3.05, 3.63) is 51.7 Å². The van der Waals surface area contributed by atoms with Gasteiger partial charge in [-0.2, -0.15) is 0 Å². The summed E-state index contributed by atoms with van der Waals surface area (Å²) in [5.41, 5.74) is 7.31. The summed E-state index contributed by atoms with van der Waals surface area (Å²) < 4.78 is 0. The van der Waals surface area contributed by atoms with Crippen LogP contribution in [0.4, 0.5) is 5.69 Å². The lowest BCUT2D eigenvalue weighted by atomic mass is 10.1. The molecular weight excluding hydrogens is 310 g/mol. The Kier molecular flexibility index (Phi) is 5.76. The zero-order chi connectivity index (χ0) is 16.8. The number of rotatable bonds is 7. The fourth-order valence-electron chi connectivity index (χ4n) is 2.21. The molecule has 1 heterocycles. The van der Waals surface area contributed by atoms with Crippen LogP contribution >= 0.6 is 11.3 Å². The minimum atomic E-state index is -0.473. The van der Waals surface area contributed by atoms with Crippen molar-refractivity contribution in [3.63, 3.8) is 0 Å². The van der Waals surface area contributed by atoms with Crippen LogP contribution in [-0.2, 0) is 11.2 Å². The maximum absolute atomic E-state index is 12.1. The lowest BCUT2D eigenvalue weighted by Gasteiger charge is -2.16. The number of hydrogen-bond donors (Lipinski definition) is 3. The van der Waals surface area contributed by atoms with Crippen molar-refractivity contribution in [2.75, 3.05) is 11.9 Å². The first-order valence-corrected chi connectivity index (χ1v) is 8.32. The van der Waals surface area contributed by atoms with Gasteiger partial charge in [-0.1, -0.05) is 12.1 Å². The lowest BCUT2D eigenvalue weighted by Crippen LogP contribution is -2.38. The monoisotopic (exact) mass is 331 g/mol. The molecule has 2 amide bonds. The predicted molar refractivity (Wildman–Crippen MR) is 93.8 cm³/mol. The van der Waals surface area contributed by atoms with E-state index in [1.54, 1.807) is 24.3 Å². The molecule has 0 fully saturated rings. The summed E-state index contributed by atoms with van der Waals surface area (Å²) in [6.45, 7) is 4.21. The number of aryl methyl sites for hydroxylation is 1. The van der Waals surface area contributed by atoms with Crippen LogP contribution in [0.15, 0.2) is 35.7 Å². The average molecular weight is 331 g/mol. The van der Waals surface area contributed by atoms with E-state index in [9.17, 15) is 9.59 Å². The summed E-state index contributed by atoms with van der Waals surface area (Å²) in [7, 11) is 0. The number of primary amides is 1. The summed E-state index contributed by atoms with van der Waals surface area (Å²) in [6, 6.07) is 8.96. The molecular formula is C17H21N3O2S.